The molecule has 150 valence electrons. The van der Waals surface area contributed by atoms with Crippen molar-refractivity contribution in [3.8, 4) is 0 Å². The van der Waals surface area contributed by atoms with Crippen LogP contribution in [-0.2, 0) is 21.0 Å². The van der Waals surface area contributed by atoms with Gasteiger partial charge in [-0.1, -0.05) is 18.2 Å². The Balaban J connectivity index is 2.12. The summed E-state index contributed by atoms with van der Waals surface area (Å²) in [6, 6.07) is 3.78. The number of rotatable bonds is 6. The molecule has 10 heteroatoms. The monoisotopic (exact) mass is 406 g/mol. The van der Waals surface area contributed by atoms with Crippen molar-refractivity contribution < 1.29 is 31.3 Å². The predicted molar refractivity (Wildman–Crippen MR) is 93.6 cm³/mol. The highest BCUT2D eigenvalue weighted by atomic mass is 32.2. The van der Waals surface area contributed by atoms with Crippen molar-refractivity contribution in [3.05, 3.63) is 42.5 Å². The predicted octanol–water partition coefficient (Wildman–Crippen LogP) is 0.285. The van der Waals surface area contributed by atoms with Gasteiger partial charge in [-0.3, -0.25) is 4.79 Å². The van der Waals surface area contributed by atoms with Gasteiger partial charge >= 0.3 is 6.18 Å². The molecule has 1 aliphatic rings. The minimum Gasteiger partial charge on any atom is -0.347 e. The van der Waals surface area contributed by atoms with Gasteiger partial charge in [0.15, 0.2) is 6.04 Å². The number of nitrogens with zero attached hydrogens (tertiary/aromatic N) is 1. The second-order valence-corrected chi connectivity index (χ2v) is 8.22. The maximum Gasteiger partial charge on any atom is 0.417 e. The normalized spacial score (nSPS) is 18.1. The Morgan fingerprint density at radius 1 is 1.33 bits per heavy atom. The second kappa shape index (κ2) is 8.41. The van der Waals surface area contributed by atoms with E-state index in [4.69, 9.17) is 0 Å². The lowest BCUT2D eigenvalue weighted by molar-refractivity contribution is -0.917. The first-order valence-electron chi connectivity index (χ1n) is 8.48. The van der Waals surface area contributed by atoms with E-state index in [1.807, 2.05) is 0 Å². The van der Waals surface area contributed by atoms with Gasteiger partial charge in [0.25, 0.3) is 5.91 Å². The van der Waals surface area contributed by atoms with E-state index in [0.717, 1.165) is 27.4 Å². The van der Waals surface area contributed by atoms with Gasteiger partial charge in [0.05, 0.1) is 36.6 Å². The molecule has 0 aliphatic carbocycles. The van der Waals surface area contributed by atoms with Crippen LogP contribution >= 0.6 is 0 Å². The highest BCUT2D eigenvalue weighted by Gasteiger charge is 2.40. The molecule has 1 aliphatic heterocycles. The van der Waals surface area contributed by atoms with Crippen LogP contribution in [0.25, 0.3) is 0 Å². The summed E-state index contributed by atoms with van der Waals surface area (Å²) in [4.78, 5) is 12.2. The number of carbonyl (C=O) groups is 1. The van der Waals surface area contributed by atoms with Crippen LogP contribution in [0, 0.1) is 0 Å². The van der Waals surface area contributed by atoms with E-state index in [2.05, 4.69) is 11.9 Å². The number of piperazine rings is 1. The van der Waals surface area contributed by atoms with E-state index in [1.54, 1.807) is 13.0 Å². The Hall–Kier alpha value is -1.91. The number of quaternary nitrogens is 1. The van der Waals surface area contributed by atoms with Crippen molar-refractivity contribution in [2.75, 3.05) is 32.7 Å². The first-order valence-corrected chi connectivity index (χ1v) is 9.92. The van der Waals surface area contributed by atoms with Crippen molar-refractivity contribution in [1.82, 2.24) is 9.62 Å². The van der Waals surface area contributed by atoms with Gasteiger partial charge < -0.3 is 10.2 Å². The molecule has 1 amide bonds. The van der Waals surface area contributed by atoms with Gasteiger partial charge in [-0.2, -0.15) is 17.5 Å². The molecule has 0 radical (unpaired) electrons. The van der Waals surface area contributed by atoms with Crippen molar-refractivity contribution in [2.24, 2.45) is 0 Å². The zero-order valence-corrected chi connectivity index (χ0v) is 15.7. The summed E-state index contributed by atoms with van der Waals surface area (Å²) in [6.45, 7) is 6.34. The molecule has 0 saturated carbocycles. The maximum atomic E-state index is 13.2. The molecule has 0 spiro atoms. The number of hydrogen-bond acceptors (Lipinski definition) is 3. The van der Waals surface area contributed by atoms with Gasteiger partial charge in [-0.05, 0) is 19.1 Å². The van der Waals surface area contributed by atoms with Gasteiger partial charge in [0.2, 0.25) is 10.0 Å². The topological polar surface area (TPSA) is 70.9 Å². The average molecular weight is 406 g/mol. The SMILES string of the molecule is C=CCNC(=O)[C@H](C)[NH+]1CCN(S(=O)(=O)c2ccccc2C(F)(F)F)CC1. The van der Waals surface area contributed by atoms with Crippen LogP contribution in [0.3, 0.4) is 0 Å². The van der Waals surface area contributed by atoms with E-state index >= 15 is 0 Å². The van der Waals surface area contributed by atoms with Gasteiger partial charge in [-0.15, -0.1) is 6.58 Å². The number of sulfonamides is 1. The molecule has 0 unspecified atom stereocenters. The quantitative estimate of drug-likeness (QED) is 0.667. The summed E-state index contributed by atoms with van der Waals surface area (Å²) in [6.07, 6.45) is -3.20. The Kier molecular flexibility index (Phi) is 6.66. The number of halogens is 3. The molecule has 0 bridgehead atoms. The van der Waals surface area contributed by atoms with E-state index in [1.165, 1.54) is 6.07 Å². The molecule has 1 saturated heterocycles. The van der Waals surface area contributed by atoms with Crippen LogP contribution in [0.1, 0.15) is 12.5 Å². The van der Waals surface area contributed by atoms with Crippen LogP contribution < -0.4 is 10.2 Å². The fourth-order valence-electron chi connectivity index (χ4n) is 3.02. The third-order valence-electron chi connectivity index (χ3n) is 4.60. The molecule has 1 aromatic carbocycles. The average Bonchev–Trinajstić information content (AvgIpc) is 2.65. The van der Waals surface area contributed by atoms with Gasteiger partial charge in [0.1, 0.15) is 0 Å². The number of alkyl halides is 3. The Labute approximate surface area is 156 Å². The van der Waals surface area contributed by atoms with Crippen molar-refractivity contribution in [1.29, 1.82) is 0 Å². The van der Waals surface area contributed by atoms with Crippen LogP contribution in [0.2, 0.25) is 0 Å². The number of nitrogens with one attached hydrogen (secondary N) is 2. The summed E-state index contributed by atoms with van der Waals surface area (Å²) in [5.74, 6) is -0.177. The highest BCUT2D eigenvalue weighted by molar-refractivity contribution is 7.89. The zero-order chi connectivity index (χ0) is 20.2. The van der Waals surface area contributed by atoms with Crippen LogP contribution in [0.15, 0.2) is 41.8 Å². The van der Waals surface area contributed by atoms with E-state index in [9.17, 15) is 26.4 Å². The number of hydrogen-bond donors (Lipinski definition) is 2. The van der Waals surface area contributed by atoms with Crippen LogP contribution in [-0.4, -0.2) is 57.4 Å². The van der Waals surface area contributed by atoms with E-state index < -0.39 is 32.7 Å². The van der Waals surface area contributed by atoms with E-state index in [-0.39, 0.29) is 19.0 Å². The largest absolute Gasteiger partial charge is 0.417 e. The Morgan fingerprint density at radius 3 is 2.48 bits per heavy atom. The van der Waals surface area contributed by atoms with Gasteiger partial charge in [-0.25, -0.2) is 8.42 Å². The third kappa shape index (κ3) is 4.88. The first-order chi connectivity index (χ1) is 12.6. The molecular formula is C17H23F3N3O3S+. The summed E-state index contributed by atoms with van der Waals surface area (Å²) < 4.78 is 66.0. The molecule has 1 aromatic rings. The molecule has 1 heterocycles. The summed E-state index contributed by atoms with van der Waals surface area (Å²) in [5, 5.41) is 2.69. The number of benzene rings is 1. The Morgan fingerprint density at radius 2 is 1.93 bits per heavy atom. The summed E-state index contributed by atoms with van der Waals surface area (Å²) in [7, 11) is -4.27. The van der Waals surface area contributed by atoms with Crippen LogP contribution in [0.5, 0.6) is 0 Å². The van der Waals surface area contributed by atoms with E-state index in [0.29, 0.717) is 19.6 Å². The molecule has 1 fully saturated rings. The molecule has 2 N–H and O–H groups in total. The van der Waals surface area contributed by atoms with Crippen LogP contribution in [0.4, 0.5) is 13.2 Å². The maximum absolute atomic E-state index is 13.2. The number of carbonyl (C=O) groups excluding carboxylic acids is 1. The van der Waals surface area contributed by atoms with Crippen molar-refractivity contribution in [2.45, 2.75) is 24.0 Å². The summed E-state index contributed by atoms with van der Waals surface area (Å²) >= 11 is 0. The molecule has 27 heavy (non-hydrogen) atoms. The lowest BCUT2D eigenvalue weighted by atomic mass is 10.2. The fourth-order valence-corrected chi connectivity index (χ4v) is 4.68. The second-order valence-electron chi connectivity index (χ2n) is 6.31. The lowest BCUT2D eigenvalue weighted by Gasteiger charge is -2.34. The third-order valence-corrected chi connectivity index (χ3v) is 6.56. The number of amides is 1. The lowest BCUT2D eigenvalue weighted by Crippen LogP contribution is -3.19. The first kappa shape index (κ1) is 21.4. The molecule has 0 aromatic heterocycles. The van der Waals surface area contributed by atoms with Crippen molar-refractivity contribution in [3.63, 3.8) is 0 Å². The molecular weight excluding hydrogens is 383 g/mol. The Bertz CT molecular complexity index is 788. The summed E-state index contributed by atoms with van der Waals surface area (Å²) in [5.41, 5.74) is -1.17. The zero-order valence-electron chi connectivity index (χ0n) is 14.9. The molecule has 1 atom stereocenters. The van der Waals surface area contributed by atoms with Crippen molar-refractivity contribution >= 4 is 15.9 Å². The fraction of sp³-hybridized carbons (Fsp3) is 0.471. The molecule has 6 nitrogen and oxygen atoms in total. The minimum atomic E-state index is -4.76. The highest BCUT2D eigenvalue weighted by Crippen LogP contribution is 2.35. The van der Waals surface area contributed by atoms with Gasteiger partial charge in [0, 0.05) is 6.54 Å². The molecule has 2 rings (SSSR count). The smallest absolute Gasteiger partial charge is 0.347 e. The minimum absolute atomic E-state index is 0.0446. The standard InChI is InChI=1S/C17H22F3N3O3S/c1-3-8-21-16(24)13(2)22-9-11-23(12-10-22)27(25,26)15-7-5-4-6-14(15)17(18,19)20/h3-7,13H,1,8-12H2,2H3,(H,21,24)/p+1/t13-/m0/s1.